The zero-order valence-electron chi connectivity index (χ0n) is 16.9. The third kappa shape index (κ3) is 5.77. The predicted molar refractivity (Wildman–Crippen MR) is 110 cm³/mol. The van der Waals surface area contributed by atoms with Crippen LogP contribution in [0.2, 0.25) is 0 Å². The van der Waals surface area contributed by atoms with Gasteiger partial charge in [-0.15, -0.1) is 0 Å². The Kier molecular flexibility index (Phi) is 7.62. The van der Waals surface area contributed by atoms with Gasteiger partial charge in [0, 0.05) is 24.7 Å². The van der Waals surface area contributed by atoms with Crippen LogP contribution in [0.5, 0.6) is 0 Å². The molecular formula is C24H32O5. The molecule has 0 spiro atoms. The summed E-state index contributed by atoms with van der Waals surface area (Å²) < 4.78 is 0. The first kappa shape index (κ1) is 21.7. The predicted octanol–water partition coefficient (Wildman–Crippen LogP) is 3.31. The lowest BCUT2D eigenvalue weighted by Gasteiger charge is -2.19. The number of fused-ring (bicyclic) bond motifs is 1. The van der Waals surface area contributed by atoms with Gasteiger partial charge in [0.1, 0.15) is 5.78 Å². The molecule has 3 N–H and O–H groups in total. The normalized spacial score (nSPS) is 25.6. The maximum Gasteiger partial charge on any atom is 0.303 e. The van der Waals surface area contributed by atoms with E-state index in [9.17, 15) is 19.8 Å². The van der Waals surface area contributed by atoms with E-state index in [0.717, 1.165) is 32.1 Å². The Balaban J connectivity index is 1.49. The maximum absolute atomic E-state index is 12.3. The van der Waals surface area contributed by atoms with Gasteiger partial charge in [-0.1, -0.05) is 55.7 Å². The van der Waals surface area contributed by atoms with Crippen molar-refractivity contribution in [2.75, 3.05) is 0 Å². The lowest BCUT2D eigenvalue weighted by molar-refractivity contribution is -0.137. The van der Waals surface area contributed by atoms with Gasteiger partial charge in [0.2, 0.25) is 0 Å². The van der Waals surface area contributed by atoms with Crippen molar-refractivity contribution in [2.45, 2.75) is 70.0 Å². The number of aliphatic hydroxyl groups excluding tert-OH is 2. The Morgan fingerprint density at radius 2 is 1.72 bits per heavy atom. The Morgan fingerprint density at radius 3 is 2.38 bits per heavy atom. The van der Waals surface area contributed by atoms with E-state index in [4.69, 9.17) is 5.11 Å². The smallest absolute Gasteiger partial charge is 0.303 e. The van der Waals surface area contributed by atoms with Crippen LogP contribution in [0, 0.1) is 17.8 Å². The van der Waals surface area contributed by atoms with Crippen LogP contribution in [-0.2, 0) is 22.4 Å². The van der Waals surface area contributed by atoms with Crippen LogP contribution in [-0.4, -0.2) is 39.3 Å². The van der Waals surface area contributed by atoms with Gasteiger partial charge in [-0.25, -0.2) is 0 Å². The van der Waals surface area contributed by atoms with Crippen LogP contribution in [0.3, 0.4) is 0 Å². The number of aliphatic hydroxyl groups is 2. The van der Waals surface area contributed by atoms with E-state index in [0.29, 0.717) is 12.8 Å². The van der Waals surface area contributed by atoms with Gasteiger partial charge in [0.15, 0.2) is 0 Å². The molecule has 3 rings (SSSR count). The third-order valence-corrected chi connectivity index (χ3v) is 6.48. The van der Waals surface area contributed by atoms with Crippen molar-refractivity contribution < 1.29 is 24.9 Å². The molecule has 5 heteroatoms. The van der Waals surface area contributed by atoms with Gasteiger partial charge in [0.25, 0.3) is 0 Å². The summed E-state index contributed by atoms with van der Waals surface area (Å²) in [7, 11) is 0. The van der Waals surface area contributed by atoms with E-state index in [2.05, 4.69) is 12.1 Å². The van der Waals surface area contributed by atoms with Gasteiger partial charge in [-0.3, -0.25) is 9.59 Å². The molecule has 1 fully saturated rings. The summed E-state index contributed by atoms with van der Waals surface area (Å²) in [5, 5.41) is 29.6. The van der Waals surface area contributed by atoms with Crippen molar-refractivity contribution in [2.24, 2.45) is 17.8 Å². The first-order valence-corrected chi connectivity index (χ1v) is 10.8. The van der Waals surface area contributed by atoms with Crippen LogP contribution in [0.1, 0.15) is 56.1 Å². The number of rotatable bonds is 10. The first-order valence-electron chi connectivity index (χ1n) is 10.8. The van der Waals surface area contributed by atoms with Crippen LogP contribution >= 0.6 is 0 Å². The summed E-state index contributed by atoms with van der Waals surface area (Å²) in [6.07, 6.45) is 8.43. The molecule has 1 aromatic rings. The van der Waals surface area contributed by atoms with Crippen LogP contribution in [0.15, 0.2) is 36.4 Å². The standard InChI is InChI=1S/C24H32O5/c25-21(18-13-16-7-5-6-8-17(16)14-18)12-11-20-19(22(26)15-23(20)27)9-3-1-2-4-10-24(28)29/h5-8,11-12,18-21,23,25,27H,1-4,9-10,13-15H2,(H,28,29)/t19-,20+,21+,23-/m1/s1. The minimum Gasteiger partial charge on any atom is -0.481 e. The third-order valence-electron chi connectivity index (χ3n) is 6.48. The van der Waals surface area contributed by atoms with E-state index < -0.39 is 18.2 Å². The van der Waals surface area contributed by atoms with Crippen molar-refractivity contribution in [3.63, 3.8) is 0 Å². The minimum atomic E-state index is -0.770. The highest BCUT2D eigenvalue weighted by Crippen LogP contribution is 2.35. The fourth-order valence-electron chi connectivity index (χ4n) is 4.82. The highest BCUT2D eigenvalue weighted by molar-refractivity contribution is 5.84. The van der Waals surface area contributed by atoms with Gasteiger partial charge in [0.05, 0.1) is 12.2 Å². The van der Waals surface area contributed by atoms with E-state index >= 15 is 0 Å². The number of carbonyl (C=O) groups excluding carboxylic acids is 1. The average molecular weight is 401 g/mol. The largest absolute Gasteiger partial charge is 0.481 e. The molecule has 2 aliphatic carbocycles. The second kappa shape index (κ2) is 10.2. The summed E-state index contributed by atoms with van der Waals surface area (Å²) in [6.45, 7) is 0. The van der Waals surface area contributed by atoms with E-state index in [1.165, 1.54) is 11.1 Å². The fraction of sp³-hybridized carbons (Fsp3) is 0.583. The minimum absolute atomic E-state index is 0.0976. The maximum atomic E-state index is 12.3. The van der Waals surface area contributed by atoms with Crippen molar-refractivity contribution in [3.8, 4) is 0 Å². The Bertz CT molecular complexity index is 716. The molecule has 0 heterocycles. The molecule has 4 atom stereocenters. The zero-order valence-corrected chi connectivity index (χ0v) is 16.9. The van der Waals surface area contributed by atoms with Crippen LogP contribution < -0.4 is 0 Å². The van der Waals surface area contributed by atoms with Gasteiger partial charge < -0.3 is 15.3 Å². The molecule has 158 valence electrons. The number of carboxylic acid groups (broad SMARTS) is 1. The summed E-state index contributed by atoms with van der Waals surface area (Å²) >= 11 is 0. The number of benzene rings is 1. The monoisotopic (exact) mass is 400 g/mol. The molecule has 0 radical (unpaired) electrons. The van der Waals surface area contributed by atoms with Gasteiger partial charge >= 0.3 is 5.97 Å². The number of aliphatic carboxylic acids is 1. The molecule has 5 nitrogen and oxygen atoms in total. The lowest BCUT2D eigenvalue weighted by Crippen LogP contribution is -2.22. The molecule has 0 aliphatic heterocycles. The molecule has 29 heavy (non-hydrogen) atoms. The zero-order chi connectivity index (χ0) is 20.8. The lowest BCUT2D eigenvalue weighted by atomic mass is 9.87. The number of Topliss-reactive ketones (excluding diaryl/α,β-unsaturated/α-hetero) is 1. The van der Waals surface area contributed by atoms with E-state index in [-0.39, 0.29) is 36.4 Å². The number of carboxylic acids is 1. The molecule has 2 aliphatic rings. The second-order valence-corrected chi connectivity index (χ2v) is 8.58. The molecule has 0 unspecified atom stereocenters. The van der Waals surface area contributed by atoms with Crippen molar-refractivity contribution in [1.29, 1.82) is 0 Å². The summed E-state index contributed by atoms with van der Waals surface area (Å²) in [5.41, 5.74) is 2.59. The highest BCUT2D eigenvalue weighted by atomic mass is 16.4. The molecule has 0 saturated heterocycles. The Labute approximate surface area is 172 Å². The first-order chi connectivity index (χ1) is 14.0. The van der Waals surface area contributed by atoms with Gasteiger partial charge in [-0.2, -0.15) is 0 Å². The topological polar surface area (TPSA) is 94.8 Å². The number of ketones is 1. The average Bonchev–Trinajstić information content (AvgIpc) is 3.23. The quantitative estimate of drug-likeness (QED) is 0.414. The van der Waals surface area contributed by atoms with Crippen molar-refractivity contribution >= 4 is 11.8 Å². The molecule has 0 aromatic heterocycles. The molecular weight excluding hydrogens is 368 g/mol. The summed E-state index contributed by atoms with van der Waals surface area (Å²) in [4.78, 5) is 22.9. The number of hydrogen-bond donors (Lipinski definition) is 3. The van der Waals surface area contributed by atoms with Crippen molar-refractivity contribution in [3.05, 3.63) is 47.5 Å². The van der Waals surface area contributed by atoms with Gasteiger partial charge in [-0.05, 0) is 42.7 Å². The SMILES string of the molecule is O=C(O)CCCCCC[C@H]1C(=O)C[C@@H](O)[C@H]1C=C[C@H](O)C1Cc2ccccc2C1. The van der Waals surface area contributed by atoms with E-state index in [1.54, 1.807) is 6.08 Å². The summed E-state index contributed by atoms with van der Waals surface area (Å²) in [6, 6.07) is 8.27. The second-order valence-electron chi connectivity index (χ2n) is 8.58. The highest BCUT2D eigenvalue weighted by Gasteiger charge is 2.39. The van der Waals surface area contributed by atoms with E-state index in [1.807, 2.05) is 18.2 Å². The Morgan fingerprint density at radius 1 is 1.07 bits per heavy atom. The number of carbonyl (C=O) groups is 2. The van der Waals surface area contributed by atoms with Crippen LogP contribution in [0.4, 0.5) is 0 Å². The van der Waals surface area contributed by atoms with Crippen molar-refractivity contribution in [1.82, 2.24) is 0 Å². The number of unbranched alkanes of at least 4 members (excludes halogenated alkanes) is 3. The molecule has 0 bridgehead atoms. The summed E-state index contributed by atoms with van der Waals surface area (Å²) in [5.74, 6) is -0.965. The molecule has 1 saturated carbocycles. The molecule has 1 aromatic carbocycles. The fourth-order valence-corrected chi connectivity index (χ4v) is 4.82. The molecule has 0 amide bonds. The Hall–Kier alpha value is -1.98. The van der Waals surface area contributed by atoms with Crippen LogP contribution in [0.25, 0.3) is 0 Å². The number of hydrogen-bond acceptors (Lipinski definition) is 4.